The van der Waals surface area contributed by atoms with Crippen LogP contribution < -0.4 is 5.32 Å². The van der Waals surface area contributed by atoms with Gasteiger partial charge in [-0.1, -0.05) is 11.3 Å². The summed E-state index contributed by atoms with van der Waals surface area (Å²) in [6.45, 7) is 1.36. The molecule has 0 bridgehead atoms. The number of anilines is 1. The lowest BCUT2D eigenvalue weighted by Crippen LogP contribution is -2.14. The fourth-order valence-electron chi connectivity index (χ4n) is 0.645. The van der Waals surface area contributed by atoms with Crippen molar-refractivity contribution in [2.24, 2.45) is 0 Å². The molecule has 0 aromatic carbocycles. The first kappa shape index (κ1) is 10.3. The van der Waals surface area contributed by atoms with E-state index in [-0.39, 0.29) is 18.1 Å². The van der Waals surface area contributed by atoms with Gasteiger partial charge in [0.25, 0.3) is 0 Å². The number of hydrogen-bond donors (Lipinski definition) is 1. The first-order chi connectivity index (χ1) is 6.08. The number of hydrogen-bond acceptors (Lipinski definition) is 5. The van der Waals surface area contributed by atoms with Crippen LogP contribution in [-0.2, 0) is 9.59 Å². The van der Waals surface area contributed by atoms with Gasteiger partial charge in [0.1, 0.15) is 5.78 Å². The smallest absolute Gasteiger partial charge is 0.233 e. The standard InChI is InChI=1S/C6H6BrN3O2S/c1-3(11)2-4(12)8-6-10-9-5(7)13-6/h2H2,1H3,(H,8,10,12). The summed E-state index contributed by atoms with van der Waals surface area (Å²) in [5.74, 6) is -0.544. The molecule has 0 aliphatic rings. The highest BCUT2D eigenvalue weighted by molar-refractivity contribution is 9.11. The number of aromatic nitrogens is 2. The van der Waals surface area contributed by atoms with Gasteiger partial charge >= 0.3 is 0 Å². The molecule has 0 saturated heterocycles. The lowest BCUT2D eigenvalue weighted by molar-refractivity contribution is -0.124. The summed E-state index contributed by atoms with van der Waals surface area (Å²) >= 11 is 4.29. The molecule has 1 aromatic heterocycles. The molecule has 1 N–H and O–H groups in total. The fraction of sp³-hybridized carbons (Fsp3) is 0.333. The molecule has 1 heterocycles. The van der Waals surface area contributed by atoms with E-state index in [1.807, 2.05) is 0 Å². The van der Waals surface area contributed by atoms with Crippen molar-refractivity contribution in [1.29, 1.82) is 0 Å². The molecule has 0 radical (unpaired) electrons. The highest BCUT2D eigenvalue weighted by atomic mass is 79.9. The third-order valence-electron chi connectivity index (χ3n) is 1.06. The molecule has 0 atom stereocenters. The molecule has 1 amide bonds. The summed E-state index contributed by atoms with van der Waals surface area (Å²) < 4.78 is 0.589. The fourth-order valence-corrected chi connectivity index (χ4v) is 1.67. The largest absolute Gasteiger partial charge is 0.300 e. The molecule has 70 valence electrons. The Balaban J connectivity index is 2.50. The van der Waals surface area contributed by atoms with Gasteiger partial charge in [-0.3, -0.25) is 9.59 Å². The molecule has 1 rings (SSSR count). The van der Waals surface area contributed by atoms with Gasteiger partial charge in [0.05, 0.1) is 6.42 Å². The van der Waals surface area contributed by atoms with E-state index >= 15 is 0 Å². The Morgan fingerprint density at radius 3 is 2.69 bits per heavy atom. The Morgan fingerprint density at radius 2 is 2.23 bits per heavy atom. The van der Waals surface area contributed by atoms with Crippen LogP contribution in [0.4, 0.5) is 5.13 Å². The normalized spacial score (nSPS) is 9.69. The molecule has 0 aliphatic heterocycles. The first-order valence-electron chi connectivity index (χ1n) is 3.36. The number of nitrogens with zero attached hydrogens (tertiary/aromatic N) is 2. The van der Waals surface area contributed by atoms with Crippen LogP contribution >= 0.6 is 27.3 Å². The molecule has 13 heavy (non-hydrogen) atoms. The SMILES string of the molecule is CC(=O)CC(=O)Nc1nnc(Br)s1. The summed E-state index contributed by atoms with van der Waals surface area (Å²) in [7, 11) is 0. The van der Waals surface area contributed by atoms with E-state index < -0.39 is 0 Å². The molecule has 0 saturated carbocycles. The highest BCUT2D eigenvalue weighted by Gasteiger charge is 2.08. The molecule has 0 spiro atoms. The average Bonchev–Trinajstić information content (AvgIpc) is 2.33. The maximum Gasteiger partial charge on any atom is 0.233 e. The molecule has 0 fully saturated rings. The third kappa shape index (κ3) is 3.60. The Labute approximate surface area is 86.7 Å². The summed E-state index contributed by atoms with van der Waals surface area (Å²) in [5, 5.41) is 10.1. The van der Waals surface area contributed by atoms with E-state index in [4.69, 9.17) is 0 Å². The van der Waals surface area contributed by atoms with Crippen LogP contribution in [0.15, 0.2) is 3.92 Å². The first-order valence-corrected chi connectivity index (χ1v) is 4.97. The van der Waals surface area contributed by atoms with Gasteiger partial charge in [-0.25, -0.2) is 0 Å². The number of Topliss-reactive ketones (excluding diaryl/α,β-unsaturated/α-hetero) is 1. The van der Waals surface area contributed by atoms with Crippen molar-refractivity contribution in [3.8, 4) is 0 Å². The molecule has 0 aliphatic carbocycles. The predicted molar refractivity (Wildman–Crippen MR) is 51.5 cm³/mol. The van der Waals surface area contributed by atoms with Crippen LogP contribution in [0.1, 0.15) is 13.3 Å². The van der Waals surface area contributed by atoms with Gasteiger partial charge in [0.15, 0.2) is 3.92 Å². The second kappa shape index (κ2) is 4.43. The van der Waals surface area contributed by atoms with E-state index in [0.29, 0.717) is 9.05 Å². The van der Waals surface area contributed by atoms with Crippen molar-refractivity contribution in [3.05, 3.63) is 3.92 Å². The van der Waals surface area contributed by atoms with E-state index in [1.165, 1.54) is 18.3 Å². The van der Waals surface area contributed by atoms with Crippen molar-refractivity contribution < 1.29 is 9.59 Å². The predicted octanol–water partition coefficient (Wildman–Crippen LogP) is 1.22. The minimum absolute atomic E-state index is 0.128. The van der Waals surface area contributed by atoms with Gasteiger partial charge in [-0.05, 0) is 22.9 Å². The maximum atomic E-state index is 11.0. The monoisotopic (exact) mass is 263 g/mol. The lowest BCUT2D eigenvalue weighted by Gasteiger charge is -1.96. The molecule has 7 heteroatoms. The number of halogens is 1. The number of nitrogens with one attached hydrogen (secondary N) is 1. The van der Waals surface area contributed by atoms with Crippen LogP contribution in [-0.4, -0.2) is 21.9 Å². The van der Waals surface area contributed by atoms with Gasteiger partial charge in [-0.15, -0.1) is 10.2 Å². The summed E-state index contributed by atoms with van der Waals surface area (Å²) in [4.78, 5) is 21.6. The van der Waals surface area contributed by atoms with Crippen LogP contribution in [0, 0.1) is 0 Å². The number of ketones is 1. The molecule has 5 nitrogen and oxygen atoms in total. The quantitative estimate of drug-likeness (QED) is 0.833. The van der Waals surface area contributed by atoms with Crippen molar-refractivity contribution in [2.45, 2.75) is 13.3 Å². The zero-order chi connectivity index (χ0) is 9.84. The molecular formula is C6H6BrN3O2S. The second-order valence-electron chi connectivity index (χ2n) is 2.29. The van der Waals surface area contributed by atoms with Gasteiger partial charge in [0.2, 0.25) is 11.0 Å². The summed E-state index contributed by atoms with van der Waals surface area (Å²) in [6.07, 6.45) is -0.128. The van der Waals surface area contributed by atoms with Crippen molar-refractivity contribution in [3.63, 3.8) is 0 Å². The Morgan fingerprint density at radius 1 is 1.54 bits per heavy atom. The molecule has 0 unspecified atom stereocenters. The van der Waals surface area contributed by atoms with E-state index in [0.717, 1.165) is 0 Å². The lowest BCUT2D eigenvalue weighted by atomic mass is 10.3. The average molecular weight is 264 g/mol. The molecular weight excluding hydrogens is 258 g/mol. The third-order valence-corrected chi connectivity index (χ3v) is 2.33. The zero-order valence-corrected chi connectivity index (χ0v) is 9.11. The van der Waals surface area contributed by atoms with E-state index in [1.54, 1.807) is 0 Å². The second-order valence-corrected chi connectivity index (χ2v) is 4.54. The number of carbonyl (C=O) groups excluding carboxylic acids is 2. The van der Waals surface area contributed by atoms with Crippen LogP contribution in [0.2, 0.25) is 0 Å². The summed E-state index contributed by atoms with van der Waals surface area (Å²) in [6, 6.07) is 0. The van der Waals surface area contributed by atoms with Crippen LogP contribution in [0.25, 0.3) is 0 Å². The van der Waals surface area contributed by atoms with E-state index in [9.17, 15) is 9.59 Å². The Hall–Kier alpha value is -0.820. The molecule has 1 aromatic rings. The maximum absolute atomic E-state index is 11.0. The van der Waals surface area contributed by atoms with Crippen molar-refractivity contribution in [1.82, 2.24) is 10.2 Å². The summed E-state index contributed by atoms with van der Waals surface area (Å²) in [5.41, 5.74) is 0. The number of carbonyl (C=O) groups is 2. The minimum atomic E-state index is -0.365. The highest BCUT2D eigenvalue weighted by Crippen LogP contribution is 2.19. The van der Waals surface area contributed by atoms with Gasteiger partial charge < -0.3 is 5.32 Å². The topological polar surface area (TPSA) is 72.0 Å². The zero-order valence-electron chi connectivity index (χ0n) is 6.70. The van der Waals surface area contributed by atoms with Crippen molar-refractivity contribution in [2.75, 3.05) is 5.32 Å². The Bertz CT molecular complexity index is 338. The van der Waals surface area contributed by atoms with Gasteiger partial charge in [0, 0.05) is 0 Å². The van der Waals surface area contributed by atoms with Crippen molar-refractivity contribution >= 4 is 44.1 Å². The van der Waals surface area contributed by atoms with Crippen LogP contribution in [0.3, 0.4) is 0 Å². The minimum Gasteiger partial charge on any atom is -0.300 e. The van der Waals surface area contributed by atoms with E-state index in [2.05, 4.69) is 31.4 Å². The Kier molecular flexibility index (Phi) is 3.49. The van der Waals surface area contributed by atoms with Gasteiger partial charge in [-0.2, -0.15) is 0 Å². The number of amides is 1. The number of rotatable bonds is 3. The van der Waals surface area contributed by atoms with Crippen LogP contribution in [0.5, 0.6) is 0 Å².